The molecule has 1 N–H and O–H groups in total. The van der Waals surface area contributed by atoms with Crippen LogP contribution in [0.3, 0.4) is 0 Å². The zero-order valence-electron chi connectivity index (χ0n) is 19.3. The van der Waals surface area contributed by atoms with Crippen LogP contribution in [0, 0.1) is 0 Å². The van der Waals surface area contributed by atoms with Gasteiger partial charge < -0.3 is 14.5 Å². The Balaban J connectivity index is 1.20. The van der Waals surface area contributed by atoms with Crippen molar-refractivity contribution in [3.63, 3.8) is 0 Å². The number of alkyl halides is 2. The molecule has 0 saturated heterocycles. The zero-order chi connectivity index (χ0) is 25.8. The number of ether oxygens (including phenoxy) is 1. The Morgan fingerprint density at radius 3 is 2.70 bits per heavy atom. The van der Waals surface area contributed by atoms with E-state index in [9.17, 15) is 13.6 Å². The van der Waals surface area contributed by atoms with Gasteiger partial charge in [-0.2, -0.15) is 13.6 Å². The first-order valence-electron chi connectivity index (χ1n) is 11.0. The summed E-state index contributed by atoms with van der Waals surface area (Å²) in [5.41, 5.74) is 2.80. The number of tetrazole rings is 1. The number of nitrogens with zero attached hydrogens (tertiary/aromatic N) is 6. The summed E-state index contributed by atoms with van der Waals surface area (Å²) in [5.74, 6) is 0.220. The van der Waals surface area contributed by atoms with E-state index < -0.39 is 12.3 Å². The largest absolute Gasteiger partial charge is 0.497 e. The van der Waals surface area contributed by atoms with E-state index in [1.54, 1.807) is 42.8 Å². The van der Waals surface area contributed by atoms with Crippen molar-refractivity contribution < 1.29 is 22.7 Å². The predicted molar refractivity (Wildman–Crippen MR) is 129 cm³/mol. The highest BCUT2D eigenvalue weighted by Crippen LogP contribution is 2.25. The smallest absolute Gasteiger partial charge is 0.314 e. The van der Waals surface area contributed by atoms with E-state index in [1.807, 2.05) is 24.3 Å². The van der Waals surface area contributed by atoms with Gasteiger partial charge in [0.2, 0.25) is 11.7 Å². The molecule has 1 amide bonds. The maximum absolute atomic E-state index is 12.6. The quantitative estimate of drug-likeness (QED) is 0.302. The molecule has 0 aliphatic carbocycles. The van der Waals surface area contributed by atoms with Crippen molar-refractivity contribution in [3.05, 3.63) is 82.6 Å². The van der Waals surface area contributed by atoms with Crippen LogP contribution in [0.2, 0.25) is 0 Å². The fourth-order valence-corrected chi connectivity index (χ4v) is 4.21. The van der Waals surface area contributed by atoms with E-state index in [0.29, 0.717) is 34.9 Å². The maximum Gasteiger partial charge on any atom is 0.314 e. The van der Waals surface area contributed by atoms with Crippen molar-refractivity contribution in [1.29, 1.82) is 0 Å². The van der Waals surface area contributed by atoms with Crippen molar-refractivity contribution in [2.24, 2.45) is 0 Å². The molecule has 188 valence electrons. The molecule has 0 aliphatic heterocycles. The Bertz CT molecular complexity index is 1510. The second kappa shape index (κ2) is 10.6. The average molecular weight is 524 g/mol. The number of nitrogens with one attached hydrogen (secondary N) is 1. The van der Waals surface area contributed by atoms with Crippen LogP contribution >= 0.6 is 11.3 Å². The number of halogens is 2. The van der Waals surface area contributed by atoms with Crippen molar-refractivity contribution >= 4 is 17.2 Å². The van der Waals surface area contributed by atoms with Gasteiger partial charge in [-0.25, -0.2) is 0 Å². The maximum atomic E-state index is 12.6. The van der Waals surface area contributed by atoms with Crippen molar-refractivity contribution in [2.75, 3.05) is 7.11 Å². The van der Waals surface area contributed by atoms with Crippen LogP contribution in [0.1, 0.15) is 33.8 Å². The molecule has 0 fully saturated rings. The number of hydrogen-bond acceptors (Lipinski definition) is 9. The minimum Gasteiger partial charge on any atom is -0.497 e. The number of rotatable bonds is 9. The standard InChI is InChI=1S/C24H19F2N7O3S/c1-35-18-4-2-3-15(9-18)11-27-22(34)17-10-19(37-13-17)21-28-32-33(31-21)12-14-5-7-16(8-6-14)23-29-30-24(36-23)20(25)26/h2-10,13,20H,11-12H2,1H3,(H,27,34). The van der Waals surface area contributed by atoms with Crippen LogP contribution in [0.25, 0.3) is 22.2 Å². The number of thiophene rings is 1. The van der Waals surface area contributed by atoms with Gasteiger partial charge in [-0.05, 0) is 46.7 Å². The summed E-state index contributed by atoms with van der Waals surface area (Å²) in [5, 5.41) is 24.2. The second-order valence-corrected chi connectivity index (χ2v) is 8.73. The van der Waals surface area contributed by atoms with Crippen LogP contribution in [0.15, 0.2) is 64.4 Å². The third kappa shape index (κ3) is 5.67. The Hall–Kier alpha value is -4.52. The zero-order valence-corrected chi connectivity index (χ0v) is 20.2. The minimum atomic E-state index is -2.82. The predicted octanol–water partition coefficient (Wildman–Crippen LogP) is 4.38. The molecule has 3 aromatic heterocycles. The summed E-state index contributed by atoms with van der Waals surface area (Å²) in [7, 11) is 1.59. The summed E-state index contributed by atoms with van der Waals surface area (Å²) in [6, 6.07) is 16.1. The molecule has 37 heavy (non-hydrogen) atoms. The van der Waals surface area contributed by atoms with Crippen LogP contribution in [0.4, 0.5) is 8.78 Å². The first-order chi connectivity index (χ1) is 18.0. The average Bonchev–Trinajstić information content (AvgIpc) is 3.69. The van der Waals surface area contributed by atoms with Gasteiger partial charge in [-0.15, -0.1) is 31.7 Å². The molecule has 13 heteroatoms. The van der Waals surface area contributed by atoms with Gasteiger partial charge in [0.25, 0.3) is 11.8 Å². The van der Waals surface area contributed by atoms with Gasteiger partial charge in [-0.1, -0.05) is 24.3 Å². The topological polar surface area (TPSA) is 121 Å². The normalized spacial score (nSPS) is 11.1. The number of carbonyl (C=O) groups is 1. The lowest BCUT2D eigenvalue weighted by Crippen LogP contribution is -2.22. The summed E-state index contributed by atoms with van der Waals surface area (Å²) in [4.78, 5) is 14.7. The lowest BCUT2D eigenvalue weighted by molar-refractivity contribution is 0.0951. The molecule has 3 heterocycles. The monoisotopic (exact) mass is 523 g/mol. The first-order valence-corrected chi connectivity index (χ1v) is 11.8. The summed E-state index contributed by atoms with van der Waals surface area (Å²) in [6.07, 6.45) is -2.82. The van der Waals surface area contributed by atoms with E-state index >= 15 is 0 Å². The van der Waals surface area contributed by atoms with Gasteiger partial charge in [0.1, 0.15) is 5.75 Å². The van der Waals surface area contributed by atoms with E-state index in [-0.39, 0.29) is 11.8 Å². The highest BCUT2D eigenvalue weighted by atomic mass is 32.1. The van der Waals surface area contributed by atoms with E-state index in [1.165, 1.54) is 16.1 Å². The second-order valence-electron chi connectivity index (χ2n) is 7.82. The number of aromatic nitrogens is 6. The van der Waals surface area contributed by atoms with E-state index in [2.05, 4.69) is 30.9 Å². The third-order valence-electron chi connectivity index (χ3n) is 5.27. The molecule has 10 nitrogen and oxygen atoms in total. The molecule has 0 radical (unpaired) electrons. The van der Waals surface area contributed by atoms with Crippen molar-refractivity contribution in [3.8, 4) is 27.9 Å². The van der Waals surface area contributed by atoms with Gasteiger partial charge in [0.15, 0.2) is 0 Å². The SMILES string of the molecule is COc1cccc(CNC(=O)c2csc(-c3nnn(Cc4ccc(-c5nnc(C(F)F)o5)cc4)n3)c2)c1. The molecular formula is C24H19F2N7O3S. The Morgan fingerprint density at radius 2 is 1.95 bits per heavy atom. The van der Waals surface area contributed by atoms with Gasteiger partial charge in [0.05, 0.1) is 24.1 Å². The Kier molecular flexibility index (Phi) is 6.94. The van der Waals surface area contributed by atoms with Crippen LogP contribution in [-0.2, 0) is 13.1 Å². The number of carbonyl (C=O) groups excluding carboxylic acids is 1. The highest BCUT2D eigenvalue weighted by molar-refractivity contribution is 7.13. The molecule has 0 saturated carbocycles. The third-order valence-corrected chi connectivity index (χ3v) is 6.20. The molecule has 0 atom stereocenters. The number of amides is 1. The fraction of sp³-hybridized carbons (Fsp3) is 0.167. The molecule has 5 aromatic rings. The van der Waals surface area contributed by atoms with Crippen LogP contribution in [0.5, 0.6) is 5.75 Å². The molecule has 0 aliphatic rings. The Labute approximate surface area is 212 Å². The summed E-state index contributed by atoms with van der Waals surface area (Å²) in [6.45, 7) is 0.701. The molecular weight excluding hydrogens is 504 g/mol. The number of benzene rings is 2. The van der Waals surface area contributed by atoms with Crippen molar-refractivity contribution in [2.45, 2.75) is 19.5 Å². The Morgan fingerprint density at radius 1 is 1.11 bits per heavy atom. The van der Waals surface area contributed by atoms with Gasteiger partial charge in [0, 0.05) is 17.5 Å². The van der Waals surface area contributed by atoms with Gasteiger partial charge in [-0.3, -0.25) is 4.79 Å². The van der Waals surface area contributed by atoms with Crippen molar-refractivity contribution in [1.82, 2.24) is 35.7 Å². The lowest BCUT2D eigenvalue weighted by atomic mass is 10.1. The van der Waals surface area contributed by atoms with E-state index in [4.69, 9.17) is 9.15 Å². The first kappa shape index (κ1) is 24.2. The molecule has 0 unspecified atom stereocenters. The molecule has 0 bridgehead atoms. The molecule has 0 spiro atoms. The number of methoxy groups -OCH3 is 1. The number of hydrogen-bond donors (Lipinski definition) is 1. The van der Waals surface area contributed by atoms with Gasteiger partial charge >= 0.3 is 6.43 Å². The van der Waals surface area contributed by atoms with E-state index in [0.717, 1.165) is 16.9 Å². The fourth-order valence-electron chi connectivity index (χ4n) is 3.40. The lowest BCUT2D eigenvalue weighted by Gasteiger charge is -2.06. The van der Waals surface area contributed by atoms with Crippen LogP contribution in [-0.4, -0.2) is 43.4 Å². The highest BCUT2D eigenvalue weighted by Gasteiger charge is 2.17. The van der Waals surface area contributed by atoms with Crippen LogP contribution < -0.4 is 10.1 Å². The summed E-state index contributed by atoms with van der Waals surface area (Å²) >= 11 is 1.35. The summed E-state index contributed by atoms with van der Waals surface area (Å²) < 4.78 is 35.5. The molecule has 5 rings (SSSR count). The molecule has 2 aromatic carbocycles. The minimum absolute atomic E-state index is 0.0176.